The maximum atomic E-state index is 12.0. The number of morpholine rings is 1. The number of benzene rings is 1. The molecule has 5 nitrogen and oxygen atoms in total. The molecule has 1 heterocycles. The molecule has 1 amide bonds. The number of amides is 1. The molecule has 0 spiro atoms. The van der Waals surface area contributed by atoms with Crippen LogP contribution in [0.25, 0.3) is 0 Å². The second-order valence-electron chi connectivity index (χ2n) is 6.71. The maximum Gasteiger partial charge on any atom is 0.216 e. The molecular weight excluding hydrogens is 304 g/mol. The number of aryl methyl sites for hydroxylation is 2. The van der Waals surface area contributed by atoms with Gasteiger partial charge in [0.25, 0.3) is 0 Å². The van der Waals surface area contributed by atoms with Crippen LogP contribution in [0.3, 0.4) is 0 Å². The second kappa shape index (κ2) is 7.90. The molecule has 0 radical (unpaired) electrons. The molecule has 1 aromatic rings. The Hall–Kier alpha value is -1.72. The first-order valence-electron chi connectivity index (χ1n) is 8.48. The van der Waals surface area contributed by atoms with Crippen LogP contribution in [0.2, 0.25) is 0 Å². The first-order valence-corrected chi connectivity index (χ1v) is 8.48. The van der Waals surface area contributed by atoms with Gasteiger partial charge in [0, 0.05) is 38.7 Å². The molecule has 1 aromatic carbocycles. The number of carbonyl (C=O) groups is 2. The Morgan fingerprint density at radius 3 is 2.58 bits per heavy atom. The zero-order chi connectivity index (χ0) is 17.9. The van der Waals surface area contributed by atoms with Crippen LogP contribution in [0.4, 0.5) is 0 Å². The number of Topliss-reactive ketones (excluding diaryl/α,β-unsaturated/α-hetero) is 1. The second-order valence-corrected chi connectivity index (χ2v) is 6.71. The molecule has 0 bridgehead atoms. The molecule has 1 aliphatic rings. The number of rotatable bonds is 5. The Balaban J connectivity index is 2.14. The van der Waals surface area contributed by atoms with E-state index in [4.69, 9.17) is 4.74 Å². The van der Waals surface area contributed by atoms with Gasteiger partial charge in [-0.3, -0.25) is 14.5 Å². The van der Waals surface area contributed by atoms with Crippen LogP contribution in [-0.4, -0.2) is 48.9 Å². The average Bonchev–Trinajstić information content (AvgIpc) is 2.49. The number of carbonyl (C=O) groups excluding carboxylic acids is 2. The molecule has 1 N–H and O–H groups in total. The highest BCUT2D eigenvalue weighted by molar-refractivity contribution is 5.97. The van der Waals surface area contributed by atoms with Gasteiger partial charge in [-0.2, -0.15) is 0 Å². The zero-order valence-electron chi connectivity index (χ0n) is 15.4. The van der Waals surface area contributed by atoms with Gasteiger partial charge in [0.2, 0.25) is 5.91 Å². The van der Waals surface area contributed by atoms with Crippen LogP contribution in [0.15, 0.2) is 6.07 Å². The molecule has 0 saturated carbocycles. The maximum absolute atomic E-state index is 12.0. The Morgan fingerprint density at radius 1 is 1.25 bits per heavy atom. The molecule has 5 heteroatoms. The smallest absolute Gasteiger partial charge is 0.216 e. The number of hydrogen-bond acceptors (Lipinski definition) is 4. The topological polar surface area (TPSA) is 58.6 Å². The highest BCUT2D eigenvalue weighted by atomic mass is 16.5. The fourth-order valence-corrected chi connectivity index (χ4v) is 3.54. The van der Waals surface area contributed by atoms with Crippen molar-refractivity contribution in [1.82, 2.24) is 10.2 Å². The Labute approximate surface area is 144 Å². The lowest BCUT2D eigenvalue weighted by Gasteiger charge is -2.34. The Bertz CT molecular complexity index is 640. The van der Waals surface area contributed by atoms with E-state index in [1.807, 2.05) is 13.8 Å². The molecule has 1 fully saturated rings. The molecule has 132 valence electrons. The molecule has 1 atom stereocenters. The summed E-state index contributed by atoms with van der Waals surface area (Å²) in [4.78, 5) is 25.4. The van der Waals surface area contributed by atoms with Gasteiger partial charge in [0.15, 0.2) is 5.78 Å². The van der Waals surface area contributed by atoms with Crippen molar-refractivity contribution in [1.29, 1.82) is 0 Å². The standard InChI is InChI=1S/C19H28N2O3/c1-12-8-13(2)19(15(4)22)14(3)18(12)11-21-6-7-24-17(10-21)9-20-16(5)23/h8,17H,6-7,9-11H2,1-5H3,(H,20,23). The summed E-state index contributed by atoms with van der Waals surface area (Å²) >= 11 is 0. The summed E-state index contributed by atoms with van der Waals surface area (Å²) in [6.07, 6.45) is 0.0148. The monoisotopic (exact) mass is 332 g/mol. The van der Waals surface area contributed by atoms with Crippen LogP contribution in [0, 0.1) is 20.8 Å². The van der Waals surface area contributed by atoms with Gasteiger partial charge in [-0.1, -0.05) is 6.07 Å². The molecule has 24 heavy (non-hydrogen) atoms. The summed E-state index contributed by atoms with van der Waals surface area (Å²) in [7, 11) is 0. The van der Waals surface area contributed by atoms with E-state index < -0.39 is 0 Å². The third-order valence-electron chi connectivity index (χ3n) is 4.67. The molecule has 1 saturated heterocycles. The first kappa shape index (κ1) is 18.6. The van der Waals surface area contributed by atoms with Crippen LogP contribution in [0.1, 0.15) is 46.5 Å². The Kier molecular flexibility index (Phi) is 6.13. The predicted molar refractivity (Wildman–Crippen MR) is 94.4 cm³/mol. The largest absolute Gasteiger partial charge is 0.374 e. The molecular formula is C19H28N2O3. The highest BCUT2D eigenvalue weighted by Gasteiger charge is 2.23. The fourth-order valence-electron chi connectivity index (χ4n) is 3.54. The van der Waals surface area contributed by atoms with E-state index in [0.29, 0.717) is 13.2 Å². The van der Waals surface area contributed by atoms with Gasteiger partial charge in [0.05, 0.1) is 12.7 Å². The lowest BCUT2D eigenvalue weighted by Crippen LogP contribution is -2.47. The normalized spacial score (nSPS) is 18.5. The van der Waals surface area contributed by atoms with E-state index >= 15 is 0 Å². The lowest BCUT2D eigenvalue weighted by molar-refractivity contribution is -0.120. The van der Waals surface area contributed by atoms with Crippen LogP contribution in [0.5, 0.6) is 0 Å². The van der Waals surface area contributed by atoms with Crippen LogP contribution >= 0.6 is 0 Å². The minimum absolute atomic E-state index is 0.0148. The molecule has 1 aliphatic heterocycles. The summed E-state index contributed by atoms with van der Waals surface area (Å²) in [6, 6.07) is 2.11. The third kappa shape index (κ3) is 4.42. The van der Waals surface area contributed by atoms with Crippen molar-refractivity contribution in [3.63, 3.8) is 0 Å². The summed E-state index contributed by atoms with van der Waals surface area (Å²) in [5.74, 6) is 0.0869. The predicted octanol–water partition coefficient (Wildman–Crippen LogP) is 2.15. The third-order valence-corrected chi connectivity index (χ3v) is 4.67. The number of ketones is 1. The van der Waals surface area contributed by atoms with E-state index in [9.17, 15) is 9.59 Å². The van der Waals surface area contributed by atoms with Crippen molar-refractivity contribution in [2.45, 2.75) is 47.3 Å². The minimum Gasteiger partial charge on any atom is -0.374 e. The van der Waals surface area contributed by atoms with Gasteiger partial charge in [-0.05, 0) is 49.9 Å². The van der Waals surface area contributed by atoms with E-state index in [-0.39, 0.29) is 17.8 Å². The Morgan fingerprint density at radius 2 is 1.96 bits per heavy atom. The lowest BCUT2D eigenvalue weighted by atomic mass is 9.91. The molecule has 2 rings (SSSR count). The van der Waals surface area contributed by atoms with Crippen molar-refractivity contribution in [3.8, 4) is 0 Å². The van der Waals surface area contributed by atoms with E-state index in [1.54, 1.807) is 6.92 Å². The highest BCUT2D eigenvalue weighted by Crippen LogP contribution is 2.24. The summed E-state index contributed by atoms with van der Waals surface area (Å²) in [5, 5.41) is 2.82. The van der Waals surface area contributed by atoms with Crippen molar-refractivity contribution in [2.24, 2.45) is 0 Å². The zero-order valence-corrected chi connectivity index (χ0v) is 15.4. The SMILES string of the molecule is CC(=O)NCC1CN(Cc2c(C)cc(C)c(C(C)=O)c2C)CCO1. The number of nitrogens with zero attached hydrogens (tertiary/aromatic N) is 1. The van der Waals surface area contributed by atoms with Gasteiger partial charge in [0.1, 0.15) is 0 Å². The first-order chi connectivity index (χ1) is 11.3. The molecule has 1 unspecified atom stereocenters. The average molecular weight is 332 g/mol. The van der Waals surface area contributed by atoms with Crippen molar-refractivity contribution in [2.75, 3.05) is 26.2 Å². The van der Waals surface area contributed by atoms with Crippen molar-refractivity contribution >= 4 is 11.7 Å². The summed E-state index contributed by atoms with van der Waals surface area (Å²) < 4.78 is 5.73. The summed E-state index contributed by atoms with van der Waals surface area (Å²) in [6.45, 7) is 12.9. The quantitative estimate of drug-likeness (QED) is 0.840. The van der Waals surface area contributed by atoms with Crippen LogP contribution in [-0.2, 0) is 16.1 Å². The number of hydrogen-bond donors (Lipinski definition) is 1. The van der Waals surface area contributed by atoms with E-state index in [2.05, 4.69) is 23.2 Å². The van der Waals surface area contributed by atoms with Gasteiger partial charge in [-0.25, -0.2) is 0 Å². The van der Waals surface area contributed by atoms with Gasteiger partial charge < -0.3 is 10.1 Å². The fraction of sp³-hybridized carbons (Fsp3) is 0.579. The van der Waals surface area contributed by atoms with Gasteiger partial charge >= 0.3 is 0 Å². The minimum atomic E-state index is -0.0351. The molecule has 0 aromatic heterocycles. The summed E-state index contributed by atoms with van der Waals surface area (Å²) in [5.41, 5.74) is 5.43. The van der Waals surface area contributed by atoms with E-state index in [0.717, 1.165) is 36.3 Å². The van der Waals surface area contributed by atoms with Gasteiger partial charge in [-0.15, -0.1) is 0 Å². The van der Waals surface area contributed by atoms with Crippen molar-refractivity contribution < 1.29 is 14.3 Å². The number of nitrogens with one attached hydrogen (secondary N) is 1. The molecule has 0 aliphatic carbocycles. The van der Waals surface area contributed by atoms with Crippen molar-refractivity contribution in [3.05, 3.63) is 33.9 Å². The number of ether oxygens (including phenoxy) is 1. The van der Waals surface area contributed by atoms with E-state index in [1.165, 1.54) is 18.1 Å². The van der Waals surface area contributed by atoms with Crippen LogP contribution < -0.4 is 5.32 Å².